The maximum absolute atomic E-state index is 12.3. The minimum Gasteiger partial charge on any atom is -0.405 e. The van der Waals surface area contributed by atoms with E-state index in [1.54, 1.807) is 18.2 Å². The highest BCUT2D eigenvalue weighted by Crippen LogP contribution is 2.25. The second-order valence-corrected chi connectivity index (χ2v) is 7.04. The summed E-state index contributed by atoms with van der Waals surface area (Å²) in [6, 6.07) is 4.98. The molecule has 27 heavy (non-hydrogen) atoms. The van der Waals surface area contributed by atoms with Gasteiger partial charge in [-0.05, 0) is 50.9 Å². The quantitative estimate of drug-likeness (QED) is 0.770. The molecule has 0 radical (unpaired) electrons. The van der Waals surface area contributed by atoms with Crippen molar-refractivity contribution in [1.29, 1.82) is 0 Å². The van der Waals surface area contributed by atoms with Crippen molar-refractivity contribution in [1.82, 2.24) is 9.96 Å². The summed E-state index contributed by atoms with van der Waals surface area (Å²) in [6.45, 7) is 3.97. The third-order valence-electron chi connectivity index (χ3n) is 4.89. The fraction of sp³-hybridized carbons (Fsp3) is 0.579. The second-order valence-electron chi connectivity index (χ2n) is 7.04. The van der Waals surface area contributed by atoms with Gasteiger partial charge in [0.15, 0.2) is 5.75 Å². The highest BCUT2D eigenvalue weighted by molar-refractivity contribution is 5.97. The SMILES string of the molecule is Cl.NC(=O)c1ccc(NC(=O)CN2CCCCC2)cc1ON1CCCCC1. The number of amides is 2. The van der Waals surface area contributed by atoms with Gasteiger partial charge < -0.3 is 15.9 Å². The van der Waals surface area contributed by atoms with Crippen LogP contribution in [0.4, 0.5) is 5.69 Å². The largest absolute Gasteiger partial charge is 0.405 e. The predicted octanol–water partition coefficient (Wildman–Crippen LogP) is 2.41. The third-order valence-corrected chi connectivity index (χ3v) is 4.89. The fourth-order valence-corrected chi connectivity index (χ4v) is 3.50. The molecule has 3 N–H and O–H groups in total. The molecule has 7 nitrogen and oxygen atoms in total. The summed E-state index contributed by atoms with van der Waals surface area (Å²) in [5.41, 5.74) is 6.40. The van der Waals surface area contributed by atoms with Gasteiger partial charge in [0, 0.05) is 24.8 Å². The van der Waals surface area contributed by atoms with E-state index in [0.29, 0.717) is 23.5 Å². The molecule has 2 aliphatic heterocycles. The number of halogens is 1. The molecule has 0 bridgehead atoms. The number of carbonyl (C=O) groups is 2. The molecule has 2 heterocycles. The number of piperidine rings is 2. The molecule has 2 saturated heterocycles. The van der Waals surface area contributed by atoms with Crippen LogP contribution in [-0.4, -0.2) is 54.5 Å². The summed E-state index contributed by atoms with van der Waals surface area (Å²) in [5.74, 6) is -0.193. The maximum atomic E-state index is 12.3. The van der Waals surface area contributed by atoms with Crippen molar-refractivity contribution in [3.8, 4) is 5.75 Å². The molecule has 0 atom stereocenters. The van der Waals surface area contributed by atoms with Gasteiger partial charge in [-0.3, -0.25) is 14.5 Å². The van der Waals surface area contributed by atoms with Crippen LogP contribution in [0.25, 0.3) is 0 Å². The molecule has 8 heteroatoms. The highest BCUT2D eigenvalue weighted by atomic mass is 35.5. The van der Waals surface area contributed by atoms with Crippen molar-refractivity contribution >= 4 is 29.9 Å². The van der Waals surface area contributed by atoms with Crippen LogP contribution >= 0.6 is 12.4 Å². The van der Waals surface area contributed by atoms with Crippen LogP contribution in [0.3, 0.4) is 0 Å². The predicted molar refractivity (Wildman–Crippen MR) is 107 cm³/mol. The first-order chi connectivity index (χ1) is 12.6. The molecule has 1 aromatic rings. The number of hydroxylamine groups is 2. The van der Waals surface area contributed by atoms with E-state index in [4.69, 9.17) is 10.6 Å². The number of carbonyl (C=O) groups excluding carboxylic acids is 2. The van der Waals surface area contributed by atoms with Crippen LogP contribution < -0.4 is 15.9 Å². The van der Waals surface area contributed by atoms with Crippen molar-refractivity contribution in [2.24, 2.45) is 5.73 Å². The van der Waals surface area contributed by atoms with E-state index in [1.807, 2.05) is 5.06 Å². The normalized spacial score (nSPS) is 18.4. The minimum absolute atomic E-state index is 0. The average Bonchev–Trinajstić information content (AvgIpc) is 2.63. The van der Waals surface area contributed by atoms with Crippen molar-refractivity contribution in [3.05, 3.63) is 23.8 Å². The topological polar surface area (TPSA) is 87.9 Å². The van der Waals surface area contributed by atoms with Crippen molar-refractivity contribution < 1.29 is 14.4 Å². The zero-order valence-corrected chi connectivity index (χ0v) is 16.4. The van der Waals surface area contributed by atoms with Crippen LogP contribution in [0.2, 0.25) is 0 Å². The summed E-state index contributed by atoms with van der Waals surface area (Å²) in [5, 5.41) is 4.75. The lowest BCUT2D eigenvalue weighted by Crippen LogP contribution is -2.36. The molecule has 2 amide bonds. The molecule has 3 rings (SSSR count). The Morgan fingerprint density at radius 1 is 1.00 bits per heavy atom. The van der Waals surface area contributed by atoms with Crippen molar-refractivity contribution in [2.75, 3.05) is 38.0 Å². The number of hydrogen-bond donors (Lipinski definition) is 2. The van der Waals surface area contributed by atoms with E-state index in [1.165, 1.54) is 12.8 Å². The van der Waals surface area contributed by atoms with E-state index in [-0.39, 0.29) is 18.3 Å². The number of hydrogen-bond acceptors (Lipinski definition) is 5. The average molecular weight is 397 g/mol. The summed E-state index contributed by atoms with van der Waals surface area (Å²) in [4.78, 5) is 32.1. The molecular formula is C19H29ClN4O3. The van der Waals surface area contributed by atoms with E-state index in [9.17, 15) is 9.59 Å². The van der Waals surface area contributed by atoms with Gasteiger partial charge in [0.05, 0.1) is 12.1 Å². The summed E-state index contributed by atoms with van der Waals surface area (Å²) < 4.78 is 0. The monoisotopic (exact) mass is 396 g/mol. The molecule has 0 spiro atoms. The number of benzene rings is 1. The van der Waals surface area contributed by atoms with E-state index in [0.717, 1.165) is 51.9 Å². The fourth-order valence-electron chi connectivity index (χ4n) is 3.50. The van der Waals surface area contributed by atoms with Crippen molar-refractivity contribution in [3.63, 3.8) is 0 Å². The number of likely N-dealkylation sites (tertiary alicyclic amines) is 1. The number of nitrogens with one attached hydrogen (secondary N) is 1. The second kappa shape index (κ2) is 10.5. The number of nitrogens with zero attached hydrogens (tertiary/aromatic N) is 2. The zero-order valence-electron chi connectivity index (χ0n) is 15.6. The number of rotatable bonds is 6. The molecule has 1 aromatic carbocycles. The Labute approximate surface area is 166 Å². The van der Waals surface area contributed by atoms with Gasteiger partial charge in [-0.2, -0.15) is 0 Å². The first kappa shape index (κ1) is 21.5. The van der Waals surface area contributed by atoms with Crippen LogP contribution in [0.15, 0.2) is 18.2 Å². The molecule has 0 aliphatic carbocycles. The van der Waals surface area contributed by atoms with Gasteiger partial charge in [-0.25, -0.2) is 0 Å². The Balaban J connectivity index is 0.00000261. The van der Waals surface area contributed by atoms with Gasteiger partial charge in [0.1, 0.15) is 0 Å². The first-order valence-electron chi connectivity index (χ1n) is 9.51. The Hall–Kier alpha value is -1.83. The number of nitrogens with two attached hydrogens (primary N) is 1. The first-order valence-corrected chi connectivity index (χ1v) is 9.51. The molecule has 0 unspecified atom stereocenters. The van der Waals surface area contributed by atoms with Gasteiger partial charge in [-0.1, -0.05) is 12.8 Å². The maximum Gasteiger partial charge on any atom is 0.252 e. The lowest BCUT2D eigenvalue weighted by atomic mass is 10.1. The van der Waals surface area contributed by atoms with Crippen LogP contribution in [0.5, 0.6) is 5.75 Å². The van der Waals surface area contributed by atoms with Gasteiger partial charge in [-0.15, -0.1) is 17.5 Å². The smallest absolute Gasteiger partial charge is 0.252 e. The Kier molecular flexibility index (Phi) is 8.34. The lowest BCUT2D eigenvalue weighted by Gasteiger charge is -2.27. The Morgan fingerprint density at radius 3 is 2.26 bits per heavy atom. The van der Waals surface area contributed by atoms with E-state index < -0.39 is 5.91 Å². The molecule has 2 fully saturated rings. The molecule has 150 valence electrons. The third kappa shape index (κ3) is 6.37. The van der Waals surface area contributed by atoms with Crippen LogP contribution in [0.1, 0.15) is 48.9 Å². The number of anilines is 1. The Bertz CT molecular complexity index is 644. The van der Waals surface area contributed by atoms with E-state index >= 15 is 0 Å². The van der Waals surface area contributed by atoms with Gasteiger partial charge >= 0.3 is 0 Å². The van der Waals surface area contributed by atoms with Crippen LogP contribution in [0, 0.1) is 0 Å². The summed E-state index contributed by atoms with van der Waals surface area (Å²) in [6.07, 6.45) is 6.86. The summed E-state index contributed by atoms with van der Waals surface area (Å²) in [7, 11) is 0. The van der Waals surface area contributed by atoms with Gasteiger partial charge in [0.25, 0.3) is 5.91 Å². The zero-order chi connectivity index (χ0) is 18.4. The van der Waals surface area contributed by atoms with Gasteiger partial charge in [0.2, 0.25) is 5.91 Å². The van der Waals surface area contributed by atoms with E-state index in [2.05, 4.69) is 10.2 Å². The molecule has 2 aliphatic rings. The Morgan fingerprint density at radius 2 is 1.63 bits per heavy atom. The van der Waals surface area contributed by atoms with Crippen LogP contribution in [-0.2, 0) is 4.79 Å². The minimum atomic E-state index is -0.539. The molecule has 0 aromatic heterocycles. The molecular weight excluding hydrogens is 368 g/mol. The number of primary amides is 1. The highest BCUT2D eigenvalue weighted by Gasteiger charge is 2.18. The summed E-state index contributed by atoms with van der Waals surface area (Å²) >= 11 is 0. The molecule has 0 saturated carbocycles. The lowest BCUT2D eigenvalue weighted by molar-refractivity contribution is -0.117. The van der Waals surface area contributed by atoms with Crippen molar-refractivity contribution in [2.45, 2.75) is 38.5 Å². The standard InChI is InChI=1S/C19H28N4O3.ClH/c20-19(25)16-8-7-15(13-17(16)26-23-11-5-2-6-12-23)21-18(24)14-22-9-3-1-4-10-22;/h7-8,13H,1-6,9-12,14H2,(H2,20,25)(H,21,24);1H.